The number of hydrogen-bond donors (Lipinski definition) is 1. The van der Waals surface area contributed by atoms with Crippen LogP contribution in [-0.4, -0.2) is 19.3 Å². The second-order valence-electron chi connectivity index (χ2n) is 4.91. The number of rotatable bonds is 1. The molecule has 0 amide bonds. The largest absolute Gasteiger partial charge is 0.317 e. The van der Waals surface area contributed by atoms with Gasteiger partial charge in [-0.15, -0.1) is 0 Å². The van der Waals surface area contributed by atoms with Crippen LogP contribution < -0.4 is 5.32 Å². The molecule has 2 unspecified atom stereocenters. The van der Waals surface area contributed by atoms with Crippen molar-refractivity contribution in [1.82, 2.24) is 5.32 Å². The van der Waals surface area contributed by atoms with Crippen molar-refractivity contribution in [3.63, 3.8) is 0 Å². The Bertz CT molecular complexity index is 166. The monoisotopic (exact) mass is 199 g/mol. The normalized spacial score (nSPS) is 36.6. The molecule has 0 aromatic carbocycles. The van der Waals surface area contributed by atoms with E-state index in [1.54, 1.807) is 0 Å². The molecule has 0 radical (unpaired) electrons. The lowest BCUT2D eigenvalue weighted by molar-refractivity contribution is 0.130. The second-order valence-corrected chi connectivity index (χ2v) is 4.91. The minimum atomic E-state index is -0.534. The first kappa shape index (κ1) is 10.4. The molecule has 1 saturated heterocycles. The van der Waals surface area contributed by atoms with E-state index in [0.29, 0.717) is 11.8 Å². The quantitative estimate of drug-likeness (QED) is 0.684. The van der Waals surface area contributed by atoms with Crippen molar-refractivity contribution in [1.29, 1.82) is 0 Å². The Balaban J connectivity index is 1.91. The SMILES string of the molecule is FC1CCNCCC1C1CCCCC1. The molecular formula is C12H22FN. The maximum absolute atomic E-state index is 13.9. The van der Waals surface area contributed by atoms with E-state index in [1.807, 2.05) is 0 Å². The average molecular weight is 199 g/mol. The van der Waals surface area contributed by atoms with Gasteiger partial charge < -0.3 is 5.32 Å². The zero-order valence-electron chi connectivity index (χ0n) is 8.97. The van der Waals surface area contributed by atoms with E-state index in [2.05, 4.69) is 5.32 Å². The summed E-state index contributed by atoms with van der Waals surface area (Å²) in [6.07, 6.45) is 7.87. The van der Waals surface area contributed by atoms with Crippen molar-refractivity contribution >= 4 is 0 Å². The number of alkyl halides is 1. The summed E-state index contributed by atoms with van der Waals surface area (Å²) < 4.78 is 13.9. The average Bonchev–Trinajstić information content (AvgIpc) is 2.44. The number of hydrogen-bond acceptors (Lipinski definition) is 1. The molecule has 0 aromatic heterocycles. The third kappa shape index (κ3) is 2.47. The third-order valence-electron chi connectivity index (χ3n) is 3.97. The minimum Gasteiger partial charge on any atom is -0.317 e. The van der Waals surface area contributed by atoms with Crippen LogP contribution in [0.25, 0.3) is 0 Å². The number of halogens is 1. The Hall–Kier alpha value is -0.110. The molecular weight excluding hydrogens is 177 g/mol. The van der Waals surface area contributed by atoms with Gasteiger partial charge in [-0.2, -0.15) is 0 Å². The van der Waals surface area contributed by atoms with Gasteiger partial charge in [-0.1, -0.05) is 32.1 Å². The molecule has 0 spiro atoms. The van der Waals surface area contributed by atoms with Gasteiger partial charge >= 0.3 is 0 Å². The van der Waals surface area contributed by atoms with Gasteiger partial charge in [0.25, 0.3) is 0 Å². The summed E-state index contributed by atoms with van der Waals surface area (Å²) in [6, 6.07) is 0. The van der Waals surface area contributed by atoms with Crippen LogP contribution in [0.1, 0.15) is 44.9 Å². The van der Waals surface area contributed by atoms with Crippen LogP contribution in [0.5, 0.6) is 0 Å². The summed E-state index contributed by atoms with van der Waals surface area (Å²) >= 11 is 0. The molecule has 2 rings (SSSR count). The van der Waals surface area contributed by atoms with E-state index in [1.165, 1.54) is 32.1 Å². The zero-order valence-corrected chi connectivity index (χ0v) is 8.97. The third-order valence-corrected chi connectivity index (χ3v) is 3.97. The molecule has 2 heteroatoms. The van der Waals surface area contributed by atoms with Crippen LogP contribution in [0.3, 0.4) is 0 Å². The van der Waals surface area contributed by atoms with Crippen molar-refractivity contribution < 1.29 is 4.39 Å². The highest BCUT2D eigenvalue weighted by atomic mass is 19.1. The first-order valence-corrected chi connectivity index (χ1v) is 6.22. The van der Waals surface area contributed by atoms with E-state index >= 15 is 0 Å². The maximum Gasteiger partial charge on any atom is 0.104 e. The van der Waals surface area contributed by atoms with Crippen LogP contribution in [0.4, 0.5) is 4.39 Å². The maximum atomic E-state index is 13.9. The Morgan fingerprint density at radius 3 is 2.36 bits per heavy atom. The lowest BCUT2D eigenvalue weighted by Gasteiger charge is -2.31. The van der Waals surface area contributed by atoms with Crippen molar-refractivity contribution in [3.05, 3.63) is 0 Å². The van der Waals surface area contributed by atoms with Crippen LogP contribution in [-0.2, 0) is 0 Å². The van der Waals surface area contributed by atoms with Crippen molar-refractivity contribution in [3.8, 4) is 0 Å². The highest BCUT2D eigenvalue weighted by molar-refractivity contribution is 4.82. The molecule has 2 fully saturated rings. The Labute approximate surface area is 86.5 Å². The summed E-state index contributed by atoms with van der Waals surface area (Å²) in [5, 5.41) is 3.31. The molecule has 14 heavy (non-hydrogen) atoms. The fraction of sp³-hybridized carbons (Fsp3) is 1.00. The van der Waals surface area contributed by atoms with Gasteiger partial charge in [0, 0.05) is 0 Å². The van der Waals surface area contributed by atoms with Crippen molar-refractivity contribution in [2.24, 2.45) is 11.8 Å². The van der Waals surface area contributed by atoms with Gasteiger partial charge in [-0.25, -0.2) is 4.39 Å². The predicted molar refractivity (Wildman–Crippen MR) is 57.1 cm³/mol. The first-order valence-electron chi connectivity index (χ1n) is 6.22. The Morgan fingerprint density at radius 2 is 1.57 bits per heavy atom. The van der Waals surface area contributed by atoms with Crippen molar-refractivity contribution in [2.75, 3.05) is 13.1 Å². The van der Waals surface area contributed by atoms with Crippen molar-refractivity contribution in [2.45, 2.75) is 51.1 Å². The first-order chi connectivity index (χ1) is 6.88. The molecule has 2 atom stereocenters. The van der Waals surface area contributed by atoms with Gasteiger partial charge in [0.1, 0.15) is 6.17 Å². The summed E-state index contributed by atoms with van der Waals surface area (Å²) in [5.41, 5.74) is 0. The van der Waals surface area contributed by atoms with E-state index < -0.39 is 6.17 Å². The molecule has 0 aromatic rings. The molecule has 0 bridgehead atoms. The molecule has 1 N–H and O–H groups in total. The van der Waals surface area contributed by atoms with Gasteiger partial charge in [0.05, 0.1) is 0 Å². The summed E-state index contributed by atoms with van der Waals surface area (Å²) in [5.74, 6) is 1.06. The molecule has 1 nitrogen and oxygen atoms in total. The topological polar surface area (TPSA) is 12.0 Å². The fourth-order valence-corrected chi connectivity index (χ4v) is 3.12. The number of nitrogens with one attached hydrogen (secondary N) is 1. The molecule has 1 saturated carbocycles. The lowest BCUT2D eigenvalue weighted by Crippen LogP contribution is -2.26. The predicted octanol–water partition coefficient (Wildman–Crippen LogP) is 2.90. The van der Waals surface area contributed by atoms with Crippen LogP contribution >= 0.6 is 0 Å². The van der Waals surface area contributed by atoms with E-state index in [9.17, 15) is 4.39 Å². The fourth-order valence-electron chi connectivity index (χ4n) is 3.12. The molecule has 2 aliphatic rings. The lowest BCUT2D eigenvalue weighted by atomic mass is 9.76. The summed E-state index contributed by atoms with van der Waals surface area (Å²) in [4.78, 5) is 0. The van der Waals surface area contributed by atoms with Gasteiger partial charge in [-0.05, 0) is 37.8 Å². The summed E-state index contributed by atoms with van der Waals surface area (Å²) in [6.45, 7) is 1.91. The Kier molecular flexibility index (Phi) is 3.80. The van der Waals surface area contributed by atoms with E-state index in [4.69, 9.17) is 0 Å². The zero-order chi connectivity index (χ0) is 9.80. The molecule has 1 aliphatic carbocycles. The van der Waals surface area contributed by atoms with Gasteiger partial charge in [0.2, 0.25) is 0 Å². The highest BCUT2D eigenvalue weighted by Crippen LogP contribution is 2.35. The molecule has 1 aliphatic heterocycles. The van der Waals surface area contributed by atoms with Gasteiger partial charge in [0.15, 0.2) is 0 Å². The standard InChI is InChI=1S/C12H22FN/c13-12-7-9-14-8-6-11(12)10-4-2-1-3-5-10/h10-12,14H,1-9H2. The van der Waals surface area contributed by atoms with E-state index in [-0.39, 0.29) is 0 Å². The highest BCUT2D eigenvalue weighted by Gasteiger charge is 2.31. The Morgan fingerprint density at radius 1 is 0.857 bits per heavy atom. The molecule has 82 valence electrons. The summed E-state index contributed by atoms with van der Waals surface area (Å²) in [7, 11) is 0. The smallest absolute Gasteiger partial charge is 0.104 e. The van der Waals surface area contributed by atoms with Gasteiger partial charge in [-0.3, -0.25) is 0 Å². The van der Waals surface area contributed by atoms with E-state index in [0.717, 1.165) is 25.9 Å². The van der Waals surface area contributed by atoms with Crippen LogP contribution in [0.2, 0.25) is 0 Å². The molecule has 1 heterocycles. The minimum absolute atomic E-state index is 0.366. The second kappa shape index (κ2) is 5.11. The van der Waals surface area contributed by atoms with Crippen LogP contribution in [0.15, 0.2) is 0 Å². The van der Waals surface area contributed by atoms with Crippen LogP contribution in [0, 0.1) is 11.8 Å².